The third-order valence-corrected chi connectivity index (χ3v) is 2.62. The van der Waals surface area contributed by atoms with E-state index in [1.807, 2.05) is 34.0 Å². The van der Waals surface area contributed by atoms with Crippen molar-refractivity contribution >= 4 is 23.5 Å². The predicted molar refractivity (Wildman–Crippen MR) is 80.2 cm³/mol. The van der Waals surface area contributed by atoms with Gasteiger partial charge in [0.2, 0.25) is 0 Å². The summed E-state index contributed by atoms with van der Waals surface area (Å²) in [5.74, 6) is -2.84. The highest BCUT2D eigenvalue weighted by Gasteiger charge is 2.06. The van der Waals surface area contributed by atoms with Gasteiger partial charge in [-0.2, -0.15) is 0 Å². The van der Waals surface area contributed by atoms with Crippen molar-refractivity contribution in [3.63, 3.8) is 0 Å². The van der Waals surface area contributed by atoms with Crippen molar-refractivity contribution in [3.8, 4) is 5.75 Å². The fraction of sp³-hybridized carbons (Fsp3) is 0.429. The summed E-state index contributed by atoms with van der Waals surface area (Å²) in [6.07, 6.45) is 0. The highest BCUT2D eigenvalue weighted by molar-refractivity contribution is 6.32. The maximum atomic E-state index is 9.10. The van der Waals surface area contributed by atoms with Crippen LogP contribution in [0.3, 0.4) is 0 Å². The molecule has 0 amide bonds. The molecule has 0 saturated heterocycles. The second kappa shape index (κ2) is 9.20. The molecule has 0 unspecified atom stereocenters. The summed E-state index contributed by atoms with van der Waals surface area (Å²) < 4.78 is 5.66. The minimum Gasteiger partial charge on any atom is -0.490 e. The van der Waals surface area contributed by atoms with Gasteiger partial charge in [-0.05, 0) is 45.1 Å². The second-order valence-corrected chi connectivity index (χ2v) is 5.06. The summed E-state index contributed by atoms with van der Waals surface area (Å²) in [5.41, 5.74) is 2.26. The van der Waals surface area contributed by atoms with E-state index in [2.05, 4.69) is 11.0 Å². The van der Waals surface area contributed by atoms with Crippen LogP contribution in [-0.4, -0.2) is 54.3 Å². The number of nitrogens with zero attached hydrogens (tertiary/aromatic N) is 1. The van der Waals surface area contributed by atoms with Gasteiger partial charge in [-0.1, -0.05) is 17.7 Å². The molecule has 7 heteroatoms. The quantitative estimate of drug-likeness (QED) is 0.826. The standard InChI is InChI=1S/C12H18ClNO.C2H2O4/c1-9-7-10(2)12(11(13)8-9)15-6-5-14(3)4;3-1(4)2(5)6/h7-8H,5-6H2,1-4H3;(H,3,4)(H,5,6). The number of halogens is 1. The molecule has 0 aliphatic rings. The van der Waals surface area contributed by atoms with E-state index in [1.165, 1.54) is 0 Å². The smallest absolute Gasteiger partial charge is 0.414 e. The monoisotopic (exact) mass is 317 g/mol. The average molecular weight is 318 g/mol. The molecule has 0 fully saturated rings. The summed E-state index contributed by atoms with van der Waals surface area (Å²) in [5, 5.41) is 15.5. The van der Waals surface area contributed by atoms with E-state index in [4.69, 9.17) is 36.1 Å². The van der Waals surface area contributed by atoms with Crippen LogP contribution in [0.2, 0.25) is 5.02 Å². The van der Waals surface area contributed by atoms with E-state index in [-0.39, 0.29) is 0 Å². The lowest BCUT2D eigenvalue weighted by Crippen LogP contribution is -2.19. The topological polar surface area (TPSA) is 87.1 Å². The Kier molecular flexibility index (Phi) is 8.42. The molecule has 1 aromatic rings. The van der Waals surface area contributed by atoms with E-state index >= 15 is 0 Å². The van der Waals surface area contributed by atoms with E-state index < -0.39 is 11.9 Å². The third-order valence-electron chi connectivity index (χ3n) is 2.34. The molecule has 118 valence electrons. The number of carboxylic acids is 2. The molecule has 1 rings (SSSR count). The van der Waals surface area contributed by atoms with Crippen LogP contribution in [0.5, 0.6) is 5.75 Å². The Bertz CT molecular complexity index is 467. The molecule has 1 aromatic carbocycles. The number of aliphatic carboxylic acids is 2. The number of carboxylic acid groups (broad SMARTS) is 2. The first-order chi connectivity index (χ1) is 9.65. The van der Waals surface area contributed by atoms with Crippen molar-refractivity contribution in [3.05, 3.63) is 28.3 Å². The van der Waals surface area contributed by atoms with E-state index in [0.29, 0.717) is 11.6 Å². The number of rotatable bonds is 4. The SMILES string of the molecule is Cc1cc(C)c(OCCN(C)C)c(Cl)c1.O=C(O)C(=O)O. The number of hydrogen-bond acceptors (Lipinski definition) is 4. The minimum atomic E-state index is -1.82. The summed E-state index contributed by atoms with van der Waals surface area (Å²) in [7, 11) is 4.04. The number of carbonyl (C=O) groups is 2. The van der Waals surface area contributed by atoms with Crippen LogP contribution in [0.1, 0.15) is 11.1 Å². The lowest BCUT2D eigenvalue weighted by molar-refractivity contribution is -0.159. The molecule has 0 atom stereocenters. The lowest BCUT2D eigenvalue weighted by atomic mass is 10.1. The van der Waals surface area contributed by atoms with Gasteiger partial charge in [0.25, 0.3) is 0 Å². The lowest BCUT2D eigenvalue weighted by Gasteiger charge is -2.14. The number of hydrogen-bond donors (Lipinski definition) is 2. The zero-order chi connectivity index (χ0) is 16.6. The Morgan fingerprint density at radius 1 is 1.19 bits per heavy atom. The third kappa shape index (κ3) is 8.16. The Labute approximate surface area is 128 Å². The zero-order valence-corrected chi connectivity index (χ0v) is 13.3. The van der Waals surface area contributed by atoms with Crippen LogP contribution < -0.4 is 4.74 Å². The molecule has 0 aliphatic carbocycles. The van der Waals surface area contributed by atoms with Gasteiger partial charge in [0, 0.05) is 6.54 Å². The summed E-state index contributed by atoms with van der Waals surface area (Å²) in [4.78, 5) is 20.3. The molecule has 0 aromatic heterocycles. The van der Waals surface area contributed by atoms with Crippen LogP contribution in [0.15, 0.2) is 12.1 Å². The molecule has 0 saturated carbocycles. The molecule has 0 bridgehead atoms. The van der Waals surface area contributed by atoms with Crippen molar-refractivity contribution in [1.82, 2.24) is 4.90 Å². The van der Waals surface area contributed by atoms with E-state index in [9.17, 15) is 0 Å². The van der Waals surface area contributed by atoms with Crippen LogP contribution in [-0.2, 0) is 9.59 Å². The molecule has 0 radical (unpaired) electrons. The first-order valence-corrected chi connectivity index (χ1v) is 6.53. The maximum absolute atomic E-state index is 9.10. The van der Waals surface area contributed by atoms with Gasteiger partial charge in [-0.3, -0.25) is 0 Å². The molecule has 0 aliphatic heterocycles. The first-order valence-electron chi connectivity index (χ1n) is 6.15. The highest BCUT2D eigenvalue weighted by Crippen LogP contribution is 2.29. The van der Waals surface area contributed by atoms with E-state index in [1.54, 1.807) is 0 Å². The van der Waals surface area contributed by atoms with Gasteiger partial charge in [0.05, 0.1) is 5.02 Å². The predicted octanol–water partition coefficient (Wildman–Crippen LogP) is 2.05. The first kappa shape index (κ1) is 19.2. The Morgan fingerprint density at radius 2 is 1.71 bits per heavy atom. The fourth-order valence-corrected chi connectivity index (χ4v) is 1.79. The van der Waals surface area contributed by atoms with Crippen LogP contribution >= 0.6 is 11.6 Å². The van der Waals surface area contributed by atoms with Gasteiger partial charge >= 0.3 is 11.9 Å². The molecular weight excluding hydrogens is 298 g/mol. The Balaban J connectivity index is 0.000000567. The van der Waals surface area contributed by atoms with Crippen molar-refractivity contribution in [2.45, 2.75) is 13.8 Å². The fourth-order valence-electron chi connectivity index (χ4n) is 1.42. The molecule has 2 N–H and O–H groups in total. The normalized spacial score (nSPS) is 9.81. The number of aryl methyl sites for hydroxylation is 2. The van der Waals surface area contributed by atoms with E-state index in [0.717, 1.165) is 23.4 Å². The zero-order valence-electron chi connectivity index (χ0n) is 12.5. The summed E-state index contributed by atoms with van der Waals surface area (Å²) >= 11 is 6.11. The number of likely N-dealkylation sites (N-methyl/N-ethyl adjacent to an activating group) is 1. The molecule has 0 heterocycles. The summed E-state index contributed by atoms with van der Waals surface area (Å²) in [6.45, 7) is 5.60. The van der Waals surface area contributed by atoms with Crippen LogP contribution in [0.25, 0.3) is 0 Å². The molecule has 0 spiro atoms. The second-order valence-electron chi connectivity index (χ2n) is 4.65. The molecule has 21 heavy (non-hydrogen) atoms. The number of benzene rings is 1. The van der Waals surface area contributed by atoms with Crippen molar-refractivity contribution in [2.75, 3.05) is 27.2 Å². The number of ether oxygens (including phenoxy) is 1. The van der Waals surface area contributed by atoms with Crippen molar-refractivity contribution < 1.29 is 24.5 Å². The van der Waals surface area contributed by atoms with Crippen molar-refractivity contribution in [1.29, 1.82) is 0 Å². The van der Waals surface area contributed by atoms with Gasteiger partial charge in [-0.15, -0.1) is 0 Å². The molecular formula is C14H20ClNO5. The van der Waals surface area contributed by atoms with Gasteiger partial charge in [0.15, 0.2) is 0 Å². The highest BCUT2D eigenvalue weighted by atomic mass is 35.5. The van der Waals surface area contributed by atoms with Gasteiger partial charge in [0.1, 0.15) is 12.4 Å². The minimum absolute atomic E-state index is 0.663. The maximum Gasteiger partial charge on any atom is 0.414 e. The average Bonchev–Trinajstić information content (AvgIpc) is 2.32. The Hall–Kier alpha value is -1.79. The van der Waals surface area contributed by atoms with Crippen LogP contribution in [0.4, 0.5) is 0 Å². The Morgan fingerprint density at radius 3 is 2.10 bits per heavy atom. The molecule has 6 nitrogen and oxygen atoms in total. The summed E-state index contributed by atoms with van der Waals surface area (Å²) in [6, 6.07) is 4.01. The largest absolute Gasteiger partial charge is 0.490 e. The van der Waals surface area contributed by atoms with Crippen LogP contribution in [0, 0.1) is 13.8 Å². The van der Waals surface area contributed by atoms with Crippen molar-refractivity contribution in [2.24, 2.45) is 0 Å². The van der Waals surface area contributed by atoms with Gasteiger partial charge < -0.3 is 19.8 Å². The van der Waals surface area contributed by atoms with Gasteiger partial charge in [-0.25, -0.2) is 9.59 Å².